The molecule has 0 aliphatic carbocycles. The Labute approximate surface area is 141 Å². The van der Waals surface area contributed by atoms with Gasteiger partial charge >= 0.3 is 0 Å². The molecule has 23 heavy (non-hydrogen) atoms. The van der Waals surface area contributed by atoms with Gasteiger partial charge in [-0.2, -0.15) is 0 Å². The topological polar surface area (TPSA) is 36.4 Å². The summed E-state index contributed by atoms with van der Waals surface area (Å²) in [5, 5.41) is 11.1. The highest BCUT2D eigenvalue weighted by atomic mass is 35.5. The van der Waals surface area contributed by atoms with Gasteiger partial charge in [0, 0.05) is 30.4 Å². The summed E-state index contributed by atoms with van der Waals surface area (Å²) in [4.78, 5) is 6.78. The number of benzene rings is 2. The van der Waals surface area contributed by atoms with Crippen LogP contribution in [0.25, 0.3) is 22.0 Å². The van der Waals surface area contributed by atoms with Gasteiger partial charge in [0.25, 0.3) is 0 Å². The zero-order valence-electron chi connectivity index (χ0n) is 13.3. The van der Waals surface area contributed by atoms with E-state index in [2.05, 4.69) is 35.9 Å². The third kappa shape index (κ3) is 2.97. The van der Waals surface area contributed by atoms with E-state index in [9.17, 15) is 5.11 Å². The Kier molecular flexibility index (Phi) is 4.39. The van der Waals surface area contributed by atoms with E-state index in [-0.39, 0.29) is 5.75 Å². The molecule has 0 saturated heterocycles. The molecule has 3 rings (SSSR count). The SMILES string of the molecule is CCN(CC)c1ccnc2ccc(-c3ccc(O)c(Cl)c3)cc12. The molecule has 0 aliphatic heterocycles. The minimum atomic E-state index is 0.0988. The minimum absolute atomic E-state index is 0.0988. The molecule has 3 aromatic rings. The van der Waals surface area contributed by atoms with Crippen LogP contribution in [0.5, 0.6) is 5.75 Å². The molecule has 0 saturated carbocycles. The molecule has 1 heterocycles. The predicted molar refractivity (Wildman–Crippen MR) is 97.4 cm³/mol. The fraction of sp³-hybridized carbons (Fsp3) is 0.211. The summed E-state index contributed by atoms with van der Waals surface area (Å²) >= 11 is 6.04. The second-order valence-electron chi connectivity index (χ2n) is 5.40. The second-order valence-corrected chi connectivity index (χ2v) is 5.81. The molecular weight excluding hydrogens is 308 g/mol. The fourth-order valence-electron chi connectivity index (χ4n) is 2.84. The van der Waals surface area contributed by atoms with Gasteiger partial charge in [0.15, 0.2) is 0 Å². The molecule has 3 nitrogen and oxygen atoms in total. The van der Waals surface area contributed by atoms with E-state index in [1.807, 2.05) is 24.4 Å². The third-order valence-electron chi connectivity index (χ3n) is 4.10. The Morgan fingerprint density at radius 3 is 2.39 bits per heavy atom. The van der Waals surface area contributed by atoms with Gasteiger partial charge < -0.3 is 10.0 Å². The van der Waals surface area contributed by atoms with Crippen molar-refractivity contribution in [1.82, 2.24) is 4.98 Å². The van der Waals surface area contributed by atoms with Crippen molar-refractivity contribution in [2.75, 3.05) is 18.0 Å². The Morgan fingerprint density at radius 1 is 1.00 bits per heavy atom. The summed E-state index contributed by atoms with van der Waals surface area (Å²) < 4.78 is 0. The van der Waals surface area contributed by atoms with Crippen LogP contribution in [-0.4, -0.2) is 23.2 Å². The Hall–Kier alpha value is -2.26. The van der Waals surface area contributed by atoms with Crippen LogP contribution in [0, 0.1) is 0 Å². The van der Waals surface area contributed by atoms with Crippen molar-refractivity contribution in [3.63, 3.8) is 0 Å². The fourth-order valence-corrected chi connectivity index (χ4v) is 3.02. The molecule has 0 aliphatic rings. The van der Waals surface area contributed by atoms with E-state index in [0.29, 0.717) is 5.02 Å². The molecule has 2 aromatic carbocycles. The number of hydrogen-bond donors (Lipinski definition) is 1. The van der Waals surface area contributed by atoms with Gasteiger partial charge in [-0.1, -0.05) is 23.7 Å². The Morgan fingerprint density at radius 2 is 1.70 bits per heavy atom. The van der Waals surface area contributed by atoms with Crippen LogP contribution in [0.3, 0.4) is 0 Å². The second kappa shape index (κ2) is 6.47. The van der Waals surface area contributed by atoms with Crippen LogP contribution in [0.15, 0.2) is 48.7 Å². The summed E-state index contributed by atoms with van der Waals surface area (Å²) in [6.07, 6.45) is 1.85. The number of hydrogen-bond acceptors (Lipinski definition) is 3. The third-order valence-corrected chi connectivity index (χ3v) is 4.41. The molecule has 0 unspecified atom stereocenters. The summed E-state index contributed by atoms with van der Waals surface area (Å²) in [6, 6.07) is 13.5. The lowest BCUT2D eigenvalue weighted by molar-refractivity contribution is 0.475. The summed E-state index contributed by atoms with van der Waals surface area (Å²) in [6.45, 7) is 6.20. The van der Waals surface area contributed by atoms with Crippen LogP contribution in [0.2, 0.25) is 5.02 Å². The number of phenols is 1. The maximum atomic E-state index is 9.59. The van der Waals surface area contributed by atoms with Gasteiger partial charge in [-0.05, 0) is 55.3 Å². The zero-order chi connectivity index (χ0) is 16.4. The highest BCUT2D eigenvalue weighted by Crippen LogP contribution is 2.33. The quantitative estimate of drug-likeness (QED) is 0.724. The molecule has 1 aromatic heterocycles. The van der Waals surface area contributed by atoms with Crippen molar-refractivity contribution < 1.29 is 5.11 Å². The van der Waals surface area contributed by atoms with Gasteiger partial charge in [0.2, 0.25) is 0 Å². The van der Waals surface area contributed by atoms with Crippen LogP contribution < -0.4 is 4.90 Å². The van der Waals surface area contributed by atoms with Crippen molar-refractivity contribution in [3.8, 4) is 16.9 Å². The molecule has 0 atom stereocenters. The lowest BCUT2D eigenvalue weighted by Crippen LogP contribution is -2.22. The number of nitrogens with zero attached hydrogens (tertiary/aromatic N) is 2. The predicted octanol–water partition coefficient (Wildman–Crippen LogP) is 5.11. The number of pyridine rings is 1. The highest BCUT2D eigenvalue weighted by molar-refractivity contribution is 6.32. The van der Waals surface area contributed by atoms with Gasteiger partial charge in [-0.25, -0.2) is 0 Å². The molecule has 0 bridgehead atoms. The highest BCUT2D eigenvalue weighted by Gasteiger charge is 2.10. The number of phenolic OH excluding ortho intramolecular Hbond substituents is 1. The molecule has 0 radical (unpaired) electrons. The number of aromatic hydroxyl groups is 1. The number of fused-ring (bicyclic) bond motifs is 1. The van der Waals surface area contributed by atoms with Crippen LogP contribution in [0.1, 0.15) is 13.8 Å². The van der Waals surface area contributed by atoms with E-state index >= 15 is 0 Å². The van der Waals surface area contributed by atoms with Crippen molar-refractivity contribution >= 4 is 28.2 Å². The van der Waals surface area contributed by atoms with Crippen LogP contribution >= 0.6 is 11.6 Å². The monoisotopic (exact) mass is 326 g/mol. The number of halogens is 1. The average molecular weight is 327 g/mol. The van der Waals surface area contributed by atoms with Gasteiger partial charge in [0.05, 0.1) is 10.5 Å². The van der Waals surface area contributed by atoms with E-state index in [1.165, 1.54) is 5.69 Å². The van der Waals surface area contributed by atoms with Crippen molar-refractivity contribution in [3.05, 3.63) is 53.7 Å². The summed E-state index contributed by atoms with van der Waals surface area (Å²) in [7, 11) is 0. The van der Waals surface area contributed by atoms with Gasteiger partial charge in [0.1, 0.15) is 5.75 Å². The molecule has 1 N–H and O–H groups in total. The molecule has 118 valence electrons. The largest absolute Gasteiger partial charge is 0.506 e. The first kappa shape index (κ1) is 15.6. The first-order valence-electron chi connectivity index (χ1n) is 7.76. The van der Waals surface area contributed by atoms with Crippen molar-refractivity contribution in [2.24, 2.45) is 0 Å². The van der Waals surface area contributed by atoms with Crippen LogP contribution in [-0.2, 0) is 0 Å². The van der Waals surface area contributed by atoms with E-state index in [4.69, 9.17) is 11.6 Å². The number of aromatic nitrogens is 1. The zero-order valence-corrected chi connectivity index (χ0v) is 14.0. The first-order valence-corrected chi connectivity index (χ1v) is 8.14. The molecule has 0 fully saturated rings. The number of rotatable bonds is 4. The standard InChI is InChI=1S/C19H19ClN2O/c1-3-22(4-2)18-9-10-21-17-7-5-13(11-15(17)18)14-6-8-19(23)16(20)12-14/h5-12,23H,3-4H2,1-2H3. The smallest absolute Gasteiger partial charge is 0.134 e. The lowest BCUT2D eigenvalue weighted by Gasteiger charge is -2.22. The van der Waals surface area contributed by atoms with E-state index < -0.39 is 0 Å². The molecule has 0 amide bonds. The minimum Gasteiger partial charge on any atom is -0.506 e. The van der Waals surface area contributed by atoms with Crippen molar-refractivity contribution in [2.45, 2.75) is 13.8 Å². The van der Waals surface area contributed by atoms with Gasteiger partial charge in [-0.3, -0.25) is 4.98 Å². The molecule has 0 spiro atoms. The first-order chi connectivity index (χ1) is 11.1. The maximum absolute atomic E-state index is 9.59. The normalized spacial score (nSPS) is 10.9. The summed E-state index contributed by atoms with van der Waals surface area (Å²) in [5.74, 6) is 0.0988. The van der Waals surface area contributed by atoms with Crippen LogP contribution in [0.4, 0.5) is 5.69 Å². The molecule has 4 heteroatoms. The maximum Gasteiger partial charge on any atom is 0.134 e. The Balaban J connectivity index is 2.17. The summed E-state index contributed by atoms with van der Waals surface area (Å²) in [5.41, 5.74) is 4.19. The lowest BCUT2D eigenvalue weighted by atomic mass is 10.0. The Bertz CT molecular complexity index is 844. The van der Waals surface area contributed by atoms with Crippen molar-refractivity contribution in [1.29, 1.82) is 0 Å². The number of anilines is 1. The van der Waals surface area contributed by atoms with Gasteiger partial charge in [-0.15, -0.1) is 0 Å². The van der Waals surface area contributed by atoms with E-state index in [1.54, 1.807) is 12.1 Å². The van der Waals surface area contributed by atoms with E-state index in [0.717, 1.165) is 35.1 Å². The molecular formula is C19H19ClN2O. The average Bonchev–Trinajstić information content (AvgIpc) is 2.58.